The molecule has 4 aromatic rings. The topological polar surface area (TPSA) is 99.8 Å². The van der Waals surface area contributed by atoms with Crippen molar-refractivity contribution in [2.24, 2.45) is 7.05 Å². The third-order valence-corrected chi connectivity index (χ3v) is 5.44. The van der Waals surface area contributed by atoms with Crippen molar-refractivity contribution in [1.82, 2.24) is 29.3 Å². The summed E-state index contributed by atoms with van der Waals surface area (Å²) < 4.78 is 8.92. The summed E-state index contributed by atoms with van der Waals surface area (Å²) in [5, 5.41) is 12.3. The lowest BCUT2D eigenvalue weighted by Gasteiger charge is -2.22. The monoisotopic (exact) mass is 391 g/mol. The quantitative estimate of drug-likeness (QED) is 0.573. The maximum atomic E-state index is 12.8. The smallest absolute Gasteiger partial charge is 0.330 e. The number of fused-ring (bicyclic) bond motifs is 2. The van der Waals surface area contributed by atoms with Gasteiger partial charge in [-0.2, -0.15) is 15.2 Å². The van der Waals surface area contributed by atoms with Gasteiger partial charge in [-0.3, -0.25) is 9.13 Å². The predicted octanol–water partition coefficient (Wildman–Crippen LogP) is 2.48. The van der Waals surface area contributed by atoms with Crippen molar-refractivity contribution in [3.8, 4) is 0 Å². The number of benzene rings is 1. The first-order valence-electron chi connectivity index (χ1n) is 9.62. The fraction of sp³-hybridized carbons (Fsp3) is 0.350. The van der Waals surface area contributed by atoms with Crippen LogP contribution in [-0.4, -0.2) is 42.5 Å². The number of anilines is 2. The van der Waals surface area contributed by atoms with Gasteiger partial charge >= 0.3 is 5.69 Å². The van der Waals surface area contributed by atoms with Gasteiger partial charge in [0.1, 0.15) is 5.52 Å². The van der Waals surface area contributed by atoms with Crippen molar-refractivity contribution in [1.29, 1.82) is 0 Å². The molecule has 5 rings (SSSR count). The molecule has 29 heavy (non-hydrogen) atoms. The minimum atomic E-state index is -0.0950. The van der Waals surface area contributed by atoms with Crippen molar-refractivity contribution in [3.63, 3.8) is 0 Å². The summed E-state index contributed by atoms with van der Waals surface area (Å²) in [6.45, 7) is 3.26. The lowest BCUT2D eigenvalue weighted by atomic mass is 10.1. The van der Waals surface area contributed by atoms with E-state index in [0.29, 0.717) is 23.7 Å². The minimum Gasteiger partial charge on any atom is -0.379 e. The Morgan fingerprint density at radius 2 is 2.21 bits per heavy atom. The van der Waals surface area contributed by atoms with E-state index >= 15 is 0 Å². The van der Waals surface area contributed by atoms with Crippen LogP contribution in [0.15, 0.2) is 35.4 Å². The Kier molecular flexibility index (Phi) is 4.24. The molecule has 9 nitrogen and oxygen atoms in total. The van der Waals surface area contributed by atoms with Gasteiger partial charge in [0.05, 0.1) is 30.6 Å². The van der Waals surface area contributed by atoms with Gasteiger partial charge in [-0.15, -0.1) is 0 Å². The minimum absolute atomic E-state index is 0.0105. The summed E-state index contributed by atoms with van der Waals surface area (Å²) in [4.78, 5) is 21.9. The summed E-state index contributed by atoms with van der Waals surface area (Å²) in [6, 6.07) is 5.87. The van der Waals surface area contributed by atoms with E-state index in [1.54, 1.807) is 28.6 Å². The first-order valence-corrected chi connectivity index (χ1v) is 9.62. The van der Waals surface area contributed by atoms with Crippen LogP contribution in [0.3, 0.4) is 0 Å². The van der Waals surface area contributed by atoms with E-state index in [9.17, 15) is 4.79 Å². The van der Waals surface area contributed by atoms with Crippen LogP contribution in [0.2, 0.25) is 0 Å². The Bertz CT molecular complexity index is 1270. The van der Waals surface area contributed by atoms with Gasteiger partial charge in [-0.1, -0.05) is 0 Å². The highest BCUT2D eigenvalue weighted by atomic mass is 16.5. The van der Waals surface area contributed by atoms with Crippen molar-refractivity contribution < 1.29 is 4.74 Å². The summed E-state index contributed by atoms with van der Waals surface area (Å²) in [5.74, 6) is 0.443. The van der Waals surface area contributed by atoms with Crippen LogP contribution in [0.5, 0.6) is 0 Å². The first-order chi connectivity index (χ1) is 14.1. The molecule has 0 amide bonds. The maximum absolute atomic E-state index is 12.8. The number of hydrogen-bond acceptors (Lipinski definition) is 7. The molecule has 1 fully saturated rings. The summed E-state index contributed by atoms with van der Waals surface area (Å²) in [7, 11) is 1.75. The average molecular weight is 391 g/mol. The number of aromatic nitrogens is 6. The van der Waals surface area contributed by atoms with Crippen molar-refractivity contribution in [2.45, 2.75) is 25.8 Å². The molecule has 1 aliphatic heterocycles. The fourth-order valence-corrected chi connectivity index (χ4v) is 3.85. The van der Waals surface area contributed by atoms with E-state index in [4.69, 9.17) is 4.74 Å². The first kappa shape index (κ1) is 17.7. The SMILES string of the molecule is Cc1cc2nnccc2cc1Nc1ncc2c(n1)n([C@@H]1CCCOC1)c(=O)n2C. The molecular weight excluding hydrogens is 370 g/mol. The van der Waals surface area contributed by atoms with Crippen LogP contribution < -0.4 is 11.0 Å². The van der Waals surface area contributed by atoms with Crippen LogP contribution in [-0.2, 0) is 11.8 Å². The normalized spacial score (nSPS) is 17.1. The Morgan fingerprint density at radius 1 is 1.31 bits per heavy atom. The largest absolute Gasteiger partial charge is 0.379 e. The summed E-state index contributed by atoms with van der Waals surface area (Å²) >= 11 is 0. The molecule has 0 bridgehead atoms. The van der Waals surface area contributed by atoms with Crippen LogP contribution in [0.25, 0.3) is 22.1 Å². The molecule has 148 valence electrons. The third kappa shape index (κ3) is 3.03. The van der Waals surface area contributed by atoms with E-state index in [2.05, 4.69) is 25.5 Å². The van der Waals surface area contributed by atoms with Crippen LogP contribution >= 0.6 is 0 Å². The lowest BCUT2D eigenvalue weighted by Crippen LogP contribution is -2.31. The summed E-state index contributed by atoms with van der Waals surface area (Å²) in [6.07, 6.45) is 5.19. The lowest BCUT2D eigenvalue weighted by molar-refractivity contribution is 0.0591. The number of rotatable bonds is 3. The Morgan fingerprint density at radius 3 is 3.03 bits per heavy atom. The van der Waals surface area contributed by atoms with E-state index in [1.165, 1.54) is 0 Å². The van der Waals surface area contributed by atoms with Gasteiger partial charge in [0.25, 0.3) is 0 Å². The average Bonchev–Trinajstić information content (AvgIpc) is 2.99. The van der Waals surface area contributed by atoms with Crippen molar-refractivity contribution in [3.05, 3.63) is 46.6 Å². The number of nitrogens with zero attached hydrogens (tertiary/aromatic N) is 6. The molecule has 1 aliphatic rings. The second-order valence-electron chi connectivity index (χ2n) is 7.37. The van der Waals surface area contributed by atoms with Crippen LogP contribution in [0.4, 0.5) is 11.6 Å². The molecule has 0 spiro atoms. The standard InChI is InChI=1S/C20H21N7O2/c1-12-8-16-13(5-6-22-25-16)9-15(12)23-19-21-10-17-18(24-19)27(20(28)26(17)2)14-4-3-7-29-11-14/h5-6,8-10,14H,3-4,7,11H2,1-2H3,(H,21,23,24)/t14-/m1/s1. The number of aryl methyl sites for hydroxylation is 2. The molecule has 1 N–H and O–H groups in total. The molecular formula is C20H21N7O2. The molecule has 1 aromatic carbocycles. The number of nitrogens with one attached hydrogen (secondary N) is 1. The fourth-order valence-electron chi connectivity index (χ4n) is 3.85. The second-order valence-corrected chi connectivity index (χ2v) is 7.37. The maximum Gasteiger partial charge on any atom is 0.330 e. The van der Waals surface area contributed by atoms with Gasteiger partial charge in [-0.25, -0.2) is 9.78 Å². The van der Waals surface area contributed by atoms with Crippen LogP contribution in [0, 0.1) is 6.92 Å². The molecule has 0 aliphatic carbocycles. The predicted molar refractivity (Wildman–Crippen MR) is 109 cm³/mol. The van der Waals surface area contributed by atoms with Gasteiger partial charge in [-0.05, 0) is 43.5 Å². The van der Waals surface area contributed by atoms with Crippen molar-refractivity contribution >= 4 is 33.7 Å². The Balaban J connectivity index is 1.58. The van der Waals surface area contributed by atoms with Gasteiger partial charge in [0.15, 0.2) is 5.65 Å². The molecule has 4 heterocycles. The number of ether oxygens (including phenoxy) is 1. The zero-order valence-corrected chi connectivity index (χ0v) is 16.3. The highest BCUT2D eigenvalue weighted by Crippen LogP contribution is 2.26. The Hall–Kier alpha value is -3.33. The zero-order chi connectivity index (χ0) is 20.0. The molecule has 1 atom stereocenters. The highest BCUT2D eigenvalue weighted by Gasteiger charge is 2.23. The highest BCUT2D eigenvalue weighted by molar-refractivity contribution is 5.84. The van der Waals surface area contributed by atoms with Crippen LogP contribution in [0.1, 0.15) is 24.4 Å². The molecule has 9 heteroatoms. The molecule has 0 radical (unpaired) electrons. The van der Waals surface area contributed by atoms with E-state index in [-0.39, 0.29) is 11.7 Å². The molecule has 0 unspecified atom stereocenters. The van der Waals surface area contributed by atoms with Gasteiger partial charge in [0.2, 0.25) is 5.95 Å². The van der Waals surface area contributed by atoms with Gasteiger partial charge in [0, 0.05) is 24.7 Å². The molecule has 3 aromatic heterocycles. The van der Waals surface area contributed by atoms with Crippen molar-refractivity contribution in [2.75, 3.05) is 18.5 Å². The second kappa shape index (κ2) is 6.93. The van der Waals surface area contributed by atoms with E-state index in [1.807, 2.05) is 25.1 Å². The number of hydrogen-bond donors (Lipinski definition) is 1. The van der Waals surface area contributed by atoms with E-state index < -0.39 is 0 Å². The summed E-state index contributed by atoms with van der Waals surface area (Å²) in [5.41, 5.74) is 3.96. The van der Waals surface area contributed by atoms with Gasteiger partial charge < -0.3 is 10.1 Å². The van der Waals surface area contributed by atoms with E-state index in [0.717, 1.165) is 41.6 Å². The molecule has 0 saturated carbocycles. The Labute approximate surface area is 166 Å². The third-order valence-electron chi connectivity index (χ3n) is 5.44. The number of imidazole rings is 1. The zero-order valence-electron chi connectivity index (χ0n) is 16.3. The molecule has 1 saturated heterocycles.